The second-order valence-corrected chi connectivity index (χ2v) is 7.72. The molecule has 1 aliphatic rings. The van der Waals surface area contributed by atoms with Crippen LogP contribution < -0.4 is 15.8 Å². The Balaban J connectivity index is 1.42. The first-order chi connectivity index (χ1) is 15.0. The highest BCUT2D eigenvalue weighted by Gasteiger charge is 2.26. The largest absolute Gasteiger partial charge is 0.355 e. The van der Waals surface area contributed by atoms with Crippen LogP contribution in [0.3, 0.4) is 0 Å². The summed E-state index contributed by atoms with van der Waals surface area (Å²) >= 11 is 0. The van der Waals surface area contributed by atoms with Gasteiger partial charge in [0.25, 0.3) is 5.56 Å². The lowest BCUT2D eigenvalue weighted by atomic mass is 9.96. The Bertz CT molecular complexity index is 1100. The van der Waals surface area contributed by atoms with Crippen molar-refractivity contribution in [2.75, 3.05) is 23.3 Å². The lowest BCUT2D eigenvalue weighted by Crippen LogP contribution is -2.39. The van der Waals surface area contributed by atoms with Gasteiger partial charge in [0.05, 0.1) is 5.69 Å². The molecular weight excluding hydrogens is 395 g/mol. The number of piperidine rings is 1. The molecule has 0 spiro atoms. The first kappa shape index (κ1) is 20.8. The third-order valence-corrected chi connectivity index (χ3v) is 5.68. The molecular formula is C24H25FN4O2. The Kier molecular flexibility index (Phi) is 6.11. The molecule has 6 nitrogen and oxygen atoms in total. The maximum atomic E-state index is 13.0. The molecule has 0 unspecified atom stereocenters. The van der Waals surface area contributed by atoms with Crippen LogP contribution >= 0.6 is 0 Å². The Labute approximate surface area is 180 Å². The fraction of sp³-hybridized carbons (Fsp3) is 0.292. The SMILES string of the molecule is CCc1ccc(-n2nc(N3CCC(C(=O)Nc4ccc(F)cc4)CC3)ccc2=O)cc1. The Morgan fingerprint density at radius 1 is 1.03 bits per heavy atom. The molecule has 3 aromatic rings. The molecule has 0 aliphatic carbocycles. The van der Waals surface area contributed by atoms with E-state index in [1.807, 2.05) is 24.3 Å². The molecule has 1 saturated heterocycles. The lowest BCUT2D eigenvalue weighted by molar-refractivity contribution is -0.120. The van der Waals surface area contributed by atoms with Crippen molar-refractivity contribution in [1.82, 2.24) is 9.78 Å². The van der Waals surface area contributed by atoms with E-state index in [9.17, 15) is 14.0 Å². The molecule has 1 fully saturated rings. The average Bonchev–Trinajstić information content (AvgIpc) is 2.81. The molecule has 7 heteroatoms. The number of hydrogen-bond acceptors (Lipinski definition) is 4. The number of hydrogen-bond donors (Lipinski definition) is 1. The number of rotatable bonds is 5. The molecule has 2 aromatic carbocycles. The quantitative estimate of drug-likeness (QED) is 0.682. The number of nitrogens with zero attached hydrogens (tertiary/aromatic N) is 3. The topological polar surface area (TPSA) is 67.2 Å². The molecule has 1 aromatic heterocycles. The van der Waals surface area contributed by atoms with Gasteiger partial charge in [-0.15, -0.1) is 5.10 Å². The highest BCUT2D eigenvalue weighted by atomic mass is 19.1. The van der Waals surface area contributed by atoms with Gasteiger partial charge in [0.2, 0.25) is 5.91 Å². The zero-order valence-corrected chi connectivity index (χ0v) is 17.4. The van der Waals surface area contributed by atoms with E-state index in [0.717, 1.165) is 17.9 Å². The summed E-state index contributed by atoms with van der Waals surface area (Å²) in [7, 11) is 0. The predicted octanol–water partition coefficient (Wildman–Crippen LogP) is 3.79. The summed E-state index contributed by atoms with van der Waals surface area (Å²) in [6.45, 7) is 3.42. The molecule has 0 bridgehead atoms. The van der Waals surface area contributed by atoms with Crippen molar-refractivity contribution in [1.29, 1.82) is 0 Å². The predicted molar refractivity (Wildman–Crippen MR) is 119 cm³/mol. The van der Waals surface area contributed by atoms with Crippen LogP contribution in [-0.4, -0.2) is 28.8 Å². The fourth-order valence-electron chi connectivity index (χ4n) is 3.78. The van der Waals surface area contributed by atoms with E-state index in [-0.39, 0.29) is 23.2 Å². The Morgan fingerprint density at radius 2 is 1.71 bits per heavy atom. The van der Waals surface area contributed by atoms with Crippen LogP contribution in [0.1, 0.15) is 25.3 Å². The normalized spacial score (nSPS) is 14.5. The fourth-order valence-corrected chi connectivity index (χ4v) is 3.78. The van der Waals surface area contributed by atoms with Crippen LogP contribution in [0.4, 0.5) is 15.9 Å². The van der Waals surface area contributed by atoms with Gasteiger partial charge in [-0.1, -0.05) is 19.1 Å². The first-order valence-electron chi connectivity index (χ1n) is 10.5. The molecule has 31 heavy (non-hydrogen) atoms. The molecule has 160 valence electrons. The van der Waals surface area contributed by atoms with Gasteiger partial charge in [-0.05, 0) is 67.3 Å². The zero-order valence-electron chi connectivity index (χ0n) is 17.4. The van der Waals surface area contributed by atoms with Crippen molar-refractivity contribution in [2.24, 2.45) is 5.92 Å². The number of carbonyl (C=O) groups is 1. The van der Waals surface area contributed by atoms with Gasteiger partial charge in [-0.25, -0.2) is 4.39 Å². The number of halogens is 1. The second-order valence-electron chi connectivity index (χ2n) is 7.72. The van der Waals surface area contributed by atoms with E-state index in [4.69, 9.17) is 0 Å². The highest BCUT2D eigenvalue weighted by molar-refractivity contribution is 5.92. The zero-order chi connectivity index (χ0) is 21.8. The summed E-state index contributed by atoms with van der Waals surface area (Å²) < 4.78 is 14.5. The molecule has 2 heterocycles. The summed E-state index contributed by atoms with van der Waals surface area (Å²) in [6, 6.07) is 16.9. The van der Waals surface area contributed by atoms with Gasteiger partial charge in [0.15, 0.2) is 0 Å². The van der Waals surface area contributed by atoms with E-state index in [2.05, 4.69) is 22.2 Å². The minimum Gasteiger partial charge on any atom is -0.355 e. The minimum absolute atomic E-state index is 0.0554. The van der Waals surface area contributed by atoms with Gasteiger partial charge in [0, 0.05) is 30.8 Å². The van der Waals surface area contributed by atoms with Crippen LogP contribution in [-0.2, 0) is 11.2 Å². The van der Waals surface area contributed by atoms with Crippen molar-refractivity contribution in [3.63, 3.8) is 0 Å². The van der Waals surface area contributed by atoms with Gasteiger partial charge in [-0.3, -0.25) is 9.59 Å². The lowest BCUT2D eigenvalue weighted by Gasteiger charge is -2.32. The van der Waals surface area contributed by atoms with Crippen molar-refractivity contribution in [3.05, 3.63) is 82.4 Å². The Hall–Kier alpha value is -3.48. The molecule has 0 saturated carbocycles. The van der Waals surface area contributed by atoms with Crippen molar-refractivity contribution >= 4 is 17.4 Å². The summed E-state index contributed by atoms with van der Waals surface area (Å²) in [5, 5.41) is 7.42. The van der Waals surface area contributed by atoms with Crippen molar-refractivity contribution < 1.29 is 9.18 Å². The van der Waals surface area contributed by atoms with E-state index in [0.29, 0.717) is 31.6 Å². The second kappa shape index (κ2) is 9.12. The van der Waals surface area contributed by atoms with E-state index in [1.165, 1.54) is 28.4 Å². The maximum absolute atomic E-state index is 13.0. The number of benzene rings is 2. The Morgan fingerprint density at radius 3 is 2.35 bits per heavy atom. The number of amides is 1. The molecule has 1 amide bonds. The molecule has 1 N–H and O–H groups in total. The summed E-state index contributed by atoms with van der Waals surface area (Å²) in [4.78, 5) is 27.0. The van der Waals surface area contributed by atoms with Crippen molar-refractivity contribution in [2.45, 2.75) is 26.2 Å². The number of nitrogens with one attached hydrogen (secondary N) is 1. The summed E-state index contributed by atoms with van der Waals surface area (Å²) in [5.74, 6) is 0.215. The highest BCUT2D eigenvalue weighted by Crippen LogP contribution is 2.23. The van der Waals surface area contributed by atoms with Gasteiger partial charge >= 0.3 is 0 Å². The standard InChI is InChI=1S/C24H25FN4O2/c1-2-17-3-9-21(10-4-17)29-23(30)12-11-22(27-29)28-15-13-18(14-16-28)24(31)26-20-7-5-19(25)6-8-20/h3-12,18H,2,13-16H2,1H3,(H,26,31). The van der Waals surface area contributed by atoms with Gasteiger partial charge in [0.1, 0.15) is 11.6 Å². The number of anilines is 2. The van der Waals surface area contributed by atoms with Crippen LogP contribution in [0.15, 0.2) is 65.5 Å². The first-order valence-corrected chi connectivity index (χ1v) is 10.5. The monoisotopic (exact) mass is 420 g/mol. The summed E-state index contributed by atoms with van der Waals surface area (Å²) in [5.41, 5.74) is 2.35. The smallest absolute Gasteiger partial charge is 0.271 e. The number of aromatic nitrogens is 2. The van der Waals surface area contributed by atoms with Crippen molar-refractivity contribution in [3.8, 4) is 5.69 Å². The molecule has 0 atom stereocenters. The maximum Gasteiger partial charge on any atom is 0.271 e. The van der Waals surface area contributed by atoms with Crippen LogP contribution in [0, 0.1) is 11.7 Å². The number of aryl methyl sites for hydroxylation is 1. The van der Waals surface area contributed by atoms with E-state index in [1.54, 1.807) is 18.2 Å². The molecule has 4 rings (SSSR count). The molecule has 1 aliphatic heterocycles. The third-order valence-electron chi connectivity index (χ3n) is 5.68. The van der Waals surface area contributed by atoms with Crippen LogP contribution in [0.2, 0.25) is 0 Å². The van der Waals surface area contributed by atoms with E-state index < -0.39 is 0 Å². The van der Waals surface area contributed by atoms with E-state index >= 15 is 0 Å². The minimum atomic E-state index is -0.332. The molecule has 0 radical (unpaired) electrons. The average molecular weight is 420 g/mol. The van der Waals surface area contributed by atoms with Crippen LogP contribution in [0.5, 0.6) is 0 Å². The number of carbonyl (C=O) groups excluding carboxylic acids is 1. The summed E-state index contributed by atoms with van der Waals surface area (Å²) in [6.07, 6.45) is 2.30. The van der Waals surface area contributed by atoms with Gasteiger partial charge < -0.3 is 10.2 Å². The van der Waals surface area contributed by atoms with Gasteiger partial charge in [-0.2, -0.15) is 4.68 Å². The third kappa shape index (κ3) is 4.82. The van der Waals surface area contributed by atoms with Crippen LogP contribution in [0.25, 0.3) is 5.69 Å².